The summed E-state index contributed by atoms with van der Waals surface area (Å²) in [5, 5.41) is 3.38. The van der Waals surface area contributed by atoms with Crippen LogP contribution in [0.3, 0.4) is 0 Å². The summed E-state index contributed by atoms with van der Waals surface area (Å²) in [4.78, 5) is 11.3. The summed E-state index contributed by atoms with van der Waals surface area (Å²) >= 11 is 0. The lowest BCUT2D eigenvalue weighted by molar-refractivity contribution is -0.153. The maximum absolute atomic E-state index is 12.3. The van der Waals surface area contributed by atoms with Gasteiger partial charge >= 0.3 is 6.18 Å². The summed E-state index contributed by atoms with van der Waals surface area (Å²) < 4.78 is 47.3. The van der Waals surface area contributed by atoms with Crippen LogP contribution < -0.4 is 20.5 Å². The second kappa shape index (κ2) is 9.12. The molecule has 1 fully saturated rings. The molecule has 0 aliphatic heterocycles. The van der Waals surface area contributed by atoms with E-state index in [0.717, 1.165) is 24.8 Å². The number of halogens is 3. The zero-order valence-electron chi connectivity index (χ0n) is 14.8. The van der Waals surface area contributed by atoms with Crippen molar-refractivity contribution in [1.82, 2.24) is 5.32 Å². The number of nitrogens with one attached hydrogen (secondary N) is 1. The highest BCUT2D eigenvalue weighted by atomic mass is 19.4. The molecule has 0 heterocycles. The molecular weight excluding hydrogens is 349 g/mol. The monoisotopic (exact) mass is 374 g/mol. The molecule has 1 amide bonds. The first-order chi connectivity index (χ1) is 12.3. The lowest BCUT2D eigenvalue weighted by Crippen LogP contribution is -2.38. The van der Waals surface area contributed by atoms with Crippen LogP contribution in [-0.4, -0.2) is 31.3 Å². The molecule has 0 radical (unpaired) electrons. The molecule has 146 valence electrons. The Bertz CT molecular complexity index is 608. The van der Waals surface area contributed by atoms with Crippen LogP contribution in [-0.2, 0) is 11.3 Å². The van der Waals surface area contributed by atoms with E-state index in [4.69, 9.17) is 15.2 Å². The standard InChI is InChI=1S/C18H25F3N2O3/c1-2-25-16-8-12(6-7-15(16)26-11-18(19,20)21)10-23-14-5-3-4-13(9-14)17(22)24/h6-8,13-14,23H,2-5,9-11H2,1H3,(H2,22,24). The molecule has 5 nitrogen and oxygen atoms in total. The number of amides is 1. The van der Waals surface area contributed by atoms with Crippen LogP contribution >= 0.6 is 0 Å². The van der Waals surface area contributed by atoms with Gasteiger partial charge in [-0.15, -0.1) is 0 Å². The molecule has 2 rings (SSSR count). The Kier molecular flexibility index (Phi) is 7.14. The van der Waals surface area contributed by atoms with Gasteiger partial charge in [0.2, 0.25) is 5.91 Å². The SMILES string of the molecule is CCOc1cc(CNC2CCCC(C(N)=O)C2)ccc1OCC(F)(F)F. The summed E-state index contributed by atoms with van der Waals surface area (Å²) in [6.07, 6.45) is -0.954. The van der Waals surface area contributed by atoms with Crippen LogP contribution in [0.25, 0.3) is 0 Å². The molecule has 8 heteroatoms. The molecule has 1 aliphatic carbocycles. The molecule has 0 spiro atoms. The second-order valence-corrected chi connectivity index (χ2v) is 6.46. The van der Waals surface area contributed by atoms with Gasteiger partial charge in [-0.1, -0.05) is 12.5 Å². The average molecular weight is 374 g/mol. The number of hydrogen-bond donors (Lipinski definition) is 2. The first-order valence-corrected chi connectivity index (χ1v) is 8.76. The van der Waals surface area contributed by atoms with Gasteiger partial charge in [0.1, 0.15) is 0 Å². The molecule has 26 heavy (non-hydrogen) atoms. The third kappa shape index (κ3) is 6.40. The van der Waals surface area contributed by atoms with Gasteiger partial charge in [0.05, 0.1) is 6.61 Å². The highest BCUT2D eigenvalue weighted by Gasteiger charge is 2.29. The van der Waals surface area contributed by atoms with E-state index in [-0.39, 0.29) is 29.4 Å². The maximum atomic E-state index is 12.3. The van der Waals surface area contributed by atoms with Crippen LogP contribution in [0.5, 0.6) is 11.5 Å². The van der Waals surface area contributed by atoms with Crippen molar-refractivity contribution in [3.8, 4) is 11.5 Å². The molecule has 0 bridgehead atoms. The number of nitrogens with two attached hydrogens (primary N) is 1. The Morgan fingerprint density at radius 1 is 1.27 bits per heavy atom. The number of carbonyl (C=O) groups is 1. The molecule has 2 atom stereocenters. The van der Waals surface area contributed by atoms with Gasteiger partial charge in [0.25, 0.3) is 0 Å². The first kappa shape index (κ1) is 20.4. The summed E-state index contributed by atoms with van der Waals surface area (Å²) in [7, 11) is 0. The van der Waals surface area contributed by atoms with E-state index in [1.165, 1.54) is 6.07 Å². The van der Waals surface area contributed by atoms with Crippen molar-refractivity contribution >= 4 is 5.91 Å². The Morgan fingerprint density at radius 2 is 2.04 bits per heavy atom. The van der Waals surface area contributed by atoms with Crippen LogP contribution in [0, 0.1) is 5.92 Å². The smallest absolute Gasteiger partial charge is 0.422 e. The van der Waals surface area contributed by atoms with Crippen LogP contribution in [0.2, 0.25) is 0 Å². The Labute approximate surface area is 151 Å². The molecule has 1 aromatic carbocycles. The topological polar surface area (TPSA) is 73.6 Å². The minimum absolute atomic E-state index is 0.0689. The minimum atomic E-state index is -4.40. The molecule has 1 aliphatic rings. The van der Waals surface area contributed by atoms with E-state index in [1.54, 1.807) is 19.1 Å². The second-order valence-electron chi connectivity index (χ2n) is 6.46. The van der Waals surface area contributed by atoms with Crippen molar-refractivity contribution in [1.29, 1.82) is 0 Å². The van der Waals surface area contributed by atoms with Crippen molar-refractivity contribution in [2.24, 2.45) is 11.7 Å². The number of benzene rings is 1. The van der Waals surface area contributed by atoms with Crippen molar-refractivity contribution in [2.45, 2.75) is 51.4 Å². The summed E-state index contributed by atoms with van der Waals surface area (Å²) in [6, 6.07) is 5.06. The number of hydrogen-bond acceptors (Lipinski definition) is 4. The Balaban J connectivity index is 1.96. The van der Waals surface area contributed by atoms with Gasteiger partial charge in [0.15, 0.2) is 18.1 Å². The van der Waals surface area contributed by atoms with Crippen LogP contribution in [0.15, 0.2) is 18.2 Å². The van der Waals surface area contributed by atoms with E-state index in [0.29, 0.717) is 19.6 Å². The van der Waals surface area contributed by atoms with Crippen molar-refractivity contribution in [2.75, 3.05) is 13.2 Å². The predicted octanol–water partition coefficient (Wildman–Crippen LogP) is 3.16. The van der Waals surface area contributed by atoms with Gasteiger partial charge in [-0.25, -0.2) is 0 Å². The Hall–Kier alpha value is -1.96. The molecular formula is C18H25F3N2O3. The summed E-state index contributed by atoms with van der Waals surface area (Å²) in [5.74, 6) is -0.00577. The highest BCUT2D eigenvalue weighted by Crippen LogP contribution is 2.30. The van der Waals surface area contributed by atoms with Crippen LogP contribution in [0.4, 0.5) is 13.2 Å². The number of alkyl halides is 3. The molecule has 2 unspecified atom stereocenters. The van der Waals surface area contributed by atoms with Gasteiger partial charge in [-0.2, -0.15) is 13.2 Å². The number of ether oxygens (including phenoxy) is 2. The predicted molar refractivity (Wildman–Crippen MR) is 90.9 cm³/mol. The fraction of sp³-hybridized carbons (Fsp3) is 0.611. The molecule has 0 aromatic heterocycles. The van der Waals surface area contributed by atoms with E-state index in [2.05, 4.69) is 5.32 Å². The van der Waals surface area contributed by atoms with Gasteiger partial charge in [-0.3, -0.25) is 4.79 Å². The number of rotatable bonds is 8. The summed E-state index contributed by atoms with van der Waals surface area (Å²) in [6.45, 7) is 1.24. The fourth-order valence-corrected chi connectivity index (χ4v) is 3.11. The molecule has 1 aromatic rings. The molecule has 3 N–H and O–H groups in total. The quantitative estimate of drug-likeness (QED) is 0.733. The minimum Gasteiger partial charge on any atom is -0.490 e. The highest BCUT2D eigenvalue weighted by molar-refractivity contribution is 5.76. The lowest BCUT2D eigenvalue weighted by atomic mass is 9.85. The van der Waals surface area contributed by atoms with Crippen molar-refractivity contribution in [3.05, 3.63) is 23.8 Å². The third-order valence-corrected chi connectivity index (χ3v) is 4.37. The zero-order chi connectivity index (χ0) is 19.2. The zero-order valence-corrected chi connectivity index (χ0v) is 14.8. The third-order valence-electron chi connectivity index (χ3n) is 4.37. The van der Waals surface area contributed by atoms with Gasteiger partial charge < -0.3 is 20.5 Å². The van der Waals surface area contributed by atoms with Crippen molar-refractivity contribution in [3.63, 3.8) is 0 Å². The Morgan fingerprint density at radius 3 is 2.69 bits per heavy atom. The van der Waals surface area contributed by atoms with E-state index in [9.17, 15) is 18.0 Å². The van der Waals surface area contributed by atoms with E-state index < -0.39 is 12.8 Å². The van der Waals surface area contributed by atoms with Gasteiger partial charge in [0, 0.05) is 18.5 Å². The normalized spacial score (nSPS) is 20.6. The maximum Gasteiger partial charge on any atom is 0.422 e. The average Bonchev–Trinajstić information content (AvgIpc) is 2.59. The lowest BCUT2D eigenvalue weighted by Gasteiger charge is -2.28. The largest absolute Gasteiger partial charge is 0.490 e. The molecule has 0 saturated heterocycles. The van der Waals surface area contributed by atoms with Crippen LogP contribution in [0.1, 0.15) is 38.2 Å². The van der Waals surface area contributed by atoms with Gasteiger partial charge in [-0.05, 0) is 43.9 Å². The fourth-order valence-electron chi connectivity index (χ4n) is 3.11. The number of primary amides is 1. The summed E-state index contributed by atoms with van der Waals surface area (Å²) in [5.41, 5.74) is 6.26. The van der Waals surface area contributed by atoms with E-state index in [1.807, 2.05) is 0 Å². The van der Waals surface area contributed by atoms with Crippen molar-refractivity contribution < 1.29 is 27.4 Å². The molecule has 1 saturated carbocycles. The number of carbonyl (C=O) groups excluding carboxylic acids is 1. The van der Waals surface area contributed by atoms with E-state index >= 15 is 0 Å². The first-order valence-electron chi connectivity index (χ1n) is 8.76.